The molecule has 0 saturated heterocycles. The van der Waals surface area contributed by atoms with Crippen LogP contribution in [-0.2, 0) is 16.2 Å². The van der Waals surface area contributed by atoms with Crippen LogP contribution in [0.4, 0.5) is 0 Å². The average Bonchev–Trinajstić information content (AvgIpc) is 2.97. The van der Waals surface area contributed by atoms with Gasteiger partial charge in [-0.25, -0.2) is 0 Å². The van der Waals surface area contributed by atoms with Crippen LogP contribution >= 0.6 is 0 Å². The van der Waals surface area contributed by atoms with E-state index in [1.165, 1.54) is 10.8 Å². The molecule has 0 saturated carbocycles. The molecule has 0 amide bonds. The largest absolute Gasteiger partial charge is 0.490 e. The first-order valence-corrected chi connectivity index (χ1v) is 14.8. The van der Waals surface area contributed by atoms with Gasteiger partial charge in [-0.3, -0.25) is 9.59 Å². The maximum atomic E-state index is 13.5. The van der Waals surface area contributed by atoms with Crippen LogP contribution in [0.15, 0.2) is 83.2 Å². The second kappa shape index (κ2) is 11.3. The second-order valence-corrected chi connectivity index (χ2v) is 10.9. The van der Waals surface area contributed by atoms with Crippen molar-refractivity contribution in [2.45, 2.75) is 71.3 Å². The maximum absolute atomic E-state index is 13.5. The number of ketones is 2. The smallest absolute Gasteiger partial charge is 0.161 e. The quantitative estimate of drug-likeness (QED) is 0.297. The van der Waals surface area contributed by atoms with Crippen LogP contribution in [-0.4, -0.2) is 29.6 Å². The zero-order valence-electron chi connectivity index (χ0n) is 23.5. The molecule has 3 aromatic carbocycles. The lowest BCUT2D eigenvalue weighted by Gasteiger charge is -2.44. The molecule has 2 aliphatic carbocycles. The SMILES string of the molecule is CCCN1C2=C(C(=O)CCC2)C(c2ccc(OCc3cccc4ccccc34)c(OCC)c2)C2=C1CCCC2=O. The fourth-order valence-corrected chi connectivity index (χ4v) is 6.71. The minimum absolute atomic E-state index is 0.173. The molecule has 0 bridgehead atoms. The van der Waals surface area contributed by atoms with E-state index in [4.69, 9.17) is 9.47 Å². The highest BCUT2D eigenvalue weighted by Crippen LogP contribution is 2.50. The molecule has 1 heterocycles. The summed E-state index contributed by atoms with van der Waals surface area (Å²) in [4.78, 5) is 29.3. The van der Waals surface area contributed by atoms with Crippen LogP contribution < -0.4 is 9.47 Å². The van der Waals surface area contributed by atoms with E-state index in [9.17, 15) is 9.59 Å². The molecule has 0 unspecified atom stereocenters. The molecule has 3 aliphatic rings. The molecule has 0 radical (unpaired) electrons. The van der Waals surface area contributed by atoms with Crippen molar-refractivity contribution in [3.63, 3.8) is 0 Å². The number of fused-ring (bicyclic) bond motifs is 1. The van der Waals surface area contributed by atoms with Gasteiger partial charge in [0, 0.05) is 47.8 Å². The predicted octanol–water partition coefficient (Wildman–Crippen LogP) is 7.64. The number of benzene rings is 3. The molecule has 1 aliphatic heterocycles. The van der Waals surface area contributed by atoms with Crippen molar-refractivity contribution < 1.29 is 19.1 Å². The van der Waals surface area contributed by atoms with Gasteiger partial charge in [0.15, 0.2) is 23.1 Å². The number of hydrogen-bond donors (Lipinski definition) is 0. The van der Waals surface area contributed by atoms with E-state index in [2.05, 4.69) is 42.2 Å². The fraction of sp³-hybridized carbons (Fsp3) is 0.371. The Bertz CT molecular complexity index is 1480. The number of ether oxygens (including phenoxy) is 2. The molecule has 0 spiro atoms. The van der Waals surface area contributed by atoms with Crippen LogP contribution in [0, 0.1) is 0 Å². The van der Waals surface area contributed by atoms with Gasteiger partial charge >= 0.3 is 0 Å². The molecule has 5 nitrogen and oxygen atoms in total. The first-order chi connectivity index (χ1) is 19.6. The Morgan fingerprint density at radius 2 is 1.48 bits per heavy atom. The Balaban J connectivity index is 1.40. The van der Waals surface area contributed by atoms with Crippen molar-refractivity contribution in [3.05, 3.63) is 94.3 Å². The number of nitrogens with zero attached hydrogens (tertiary/aromatic N) is 1. The van der Waals surface area contributed by atoms with Crippen molar-refractivity contribution >= 4 is 22.3 Å². The van der Waals surface area contributed by atoms with E-state index in [0.29, 0.717) is 37.6 Å². The molecular weight excluding hydrogens is 498 g/mol. The Morgan fingerprint density at radius 3 is 2.17 bits per heavy atom. The minimum Gasteiger partial charge on any atom is -0.490 e. The third kappa shape index (κ3) is 4.72. The van der Waals surface area contributed by atoms with E-state index in [0.717, 1.165) is 72.3 Å². The predicted molar refractivity (Wildman–Crippen MR) is 157 cm³/mol. The standard InChI is InChI=1S/C35H37NO4/c1-3-20-36-27-14-8-16-29(37)34(27)33(35-28(36)15-9-17-30(35)38)24-18-19-31(32(21-24)39-4-2)40-22-25-12-7-11-23-10-5-6-13-26(23)25/h5-7,10-13,18-19,21,33H,3-4,8-9,14-17,20,22H2,1-2H3. The molecule has 0 N–H and O–H groups in total. The number of hydrogen-bond acceptors (Lipinski definition) is 5. The molecule has 0 fully saturated rings. The molecule has 3 aromatic rings. The summed E-state index contributed by atoms with van der Waals surface area (Å²) in [7, 11) is 0. The molecular formula is C35H37NO4. The van der Waals surface area contributed by atoms with Crippen molar-refractivity contribution in [2.24, 2.45) is 0 Å². The zero-order chi connectivity index (χ0) is 27.6. The molecule has 6 rings (SSSR count). The summed E-state index contributed by atoms with van der Waals surface area (Å²) in [5.74, 6) is 1.31. The minimum atomic E-state index is -0.343. The number of allylic oxidation sites excluding steroid dienone is 4. The van der Waals surface area contributed by atoms with Gasteiger partial charge in [0.05, 0.1) is 6.61 Å². The van der Waals surface area contributed by atoms with E-state index in [1.807, 2.05) is 37.3 Å². The Labute approximate surface area is 236 Å². The van der Waals surface area contributed by atoms with Gasteiger partial charge in [-0.05, 0) is 73.1 Å². The van der Waals surface area contributed by atoms with Gasteiger partial charge in [-0.1, -0.05) is 55.5 Å². The van der Waals surface area contributed by atoms with E-state index >= 15 is 0 Å². The number of Topliss-reactive ketones (excluding diaryl/α,β-unsaturated/α-hetero) is 2. The lowest BCUT2D eigenvalue weighted by molar-refractivity contribution is -0.117. The highest BCUT2D eigenvalue weighted by molar-refractivity contribution is 6.06. The third-order valence-corrected chi connectivity index (χ3v) is 8.40. The van der Waals surface area contributed by atoms with E-state index < -0.39 is 0 Å². The summed E-state index contributed by atoms with van der Waals surface area (Å²) in [5.41, 5.74) is 5.94. The summed E-state index contributed by atoms with van der Waals surface area (Å²) in [5, 5.41) is 2.35. The summed E-state index contributed by atoms with van der Waals surface area (Å²) < 4.78 is 12.4. The van der Waals surface area contributed by atoms with Gasteiger partial charge in [-0.2, -0.15) is 0 Å². The Morgan fingerprint density at radius 1 is 0.775 bits per heavy atom. The van der Waals surface area contributed by atoms with Gasteiger partial charge in [0.25, 0.3) is 0 Å². The second-order valence-electron chi connectivity index (χ2n) is 10.9. The normalized spacial score (nSPS) is 17.8. The van der Waals surface area contributed by atoms with Crippen LogP contribution in [0.3, 0.4) is 0 Å². The molecule has 0 aromatic heterocycles. The Kier molecular flexibility index (Phi) is 7.46. The number of carbonyl (C=O) groups excluding carboxylic acids is 2. The van der Waals surface area contributed by atoms with Gasteiger partial charge < -0.3 is 14.4 Å². The van der Waals surface area contributed by atoms with Gasteiger partial charge in [0.1, 0.15) is 6.61 Å². The highest BCUT2D eigenvalue weighted by Gasteiger charge is 2.43. The van der Waals surface area contributed by atoms with Gasteiger partial charge in [-0.15, -0.1) is 0 Å². The summed E-state index contributed by atoms with van der Waals surface area (Å²) >= 11 is 0. The lowest BCUT2D eigenvalue weighted by atomic mass is 9.71. The van der Waals surface area contributed by atoms with E-state index in [-0.39, 0.29) is 17.5 Å². The van der Waals surface area contributed by atoms with E-state index in [1.54, 1.807) is 0 Å². The van der Waals surface area contributed by atoms with Gasteiger partial charge in [0.2, 0.25) is 0 Å². The highest BCUT2D eigenvalue weighted by atomic mass is 16.5. The lowest BCUT2D eigenvalue weighted by Crippen LogP contribution is -2.39. The molecule has 0 atom stereocenters. The zero-order valence-corrected chi connectivity index (χ0v) is 23.5. The average molecular weight is 536 g/mol. The Hall–Kier alpha value is -3.86. The number of rotatable bonds is 8. The number of carbonyl (C=O) groups is 2. The summed E-state index contributed by atoms with van der Waals surface area (Å²) in [6, 6.07) is 20.5. The van der Waals surface area contributed by atoms with Crippen molar-refractivity contribution in [3.8, 4) is 11.5 Å². The maximum Gasteiger partial charge on any atom is 0.161 e. The fourth-order valence-electron chi connectivity index (χ4n) is 6.71. The van der Waals surface area contributed by atoms with Crippen molar-refractivity contribution in [2.75, 3.05) is 13.2 Å². The monoisotopic (exact) mass is 535 g/mol. The molecule has 5 heteroatoms. The van der Waals surface area contributed by atoms with Crippen LogP contribution in [0.25, 0.3) is 10.8 Å². The van der Waals surface area contributed by atoms with Crippen molar-refractivity contribution in [1.82, 2.24) is 4.90 Å². The van der Waals surface area contributed by atoms with Crippen LogP contribution in [0.1, 0.15) is 75.8 Å². The summed E-state index contributed by atoms with van der Waals surface area (Å²) in [6.07, 6.45) is 5.55. The topological polar surface area (TPSA) is 55.8 Å². The van der Waals surface area contributed by atoms with Crippen LogP contribution in [0.5, 0.6) is 11.5 Å². The molecule has 206 valence electrons. The summed E-state index contributed by atoms with van der Waals surface area (Å²) in [6.45, 7) is 5.87. The first-order valence-electron chi connectivity index (χ1n) is 14.8. The first kappa shape index (κ1) is 26.4. The molecule has 40 heavy (non-hydrogen) atoms. The third-order valence-electron chi connectivity index (χ3n) is 8.40. The van der Waals surface area contributed by atoms with Crippen molar-refractivity contribution in [1.29, 1.82) is 0 Å². The van der Waals surface area contributed by atoms with Crippen LogP contribution in [0.2, 0.25) is 0 Å².